The highest BCUT2D eigenvalue weighted by Gasteiger charge is 2.56. The van der Waals surface area contributed by atoms with E-state index in [1.807, 2.05) is 33.7 Å². The Bertz CT molecular complexity index is 2070. The molecule has 0 unspecified atom stereocenters. The number of fused-ring (bicyclic) bond motifs is 7. The number of hydrogen-bond donors (Lipinski definition) is 1. The number of aromatic nitrogens is 2. The van der Waals surface area contributed by atoms with E-state index in [4.69, 9.17) is 16.3 Å². The number of hydrogen-bond acceptors (Lipinski definition) is 6. The van der Waals surface area contributed by atoms with E-state index >= 15 is 0 Å². The number of pyridine rings is 1. The number of halogens is 1. The molecule has 270 valence electrons. The molecular weight excluding hydrogens is 672 g/mol. The number of carbonyl (C=O) groups is 2. The first-order valence-electron chi connectivity index (χ1n) is 18.6. The van der Waals surface area contributed by atoms with Crippen molar-refractivity contribution in [1.82, 2.24) is 19.6 Å². The average molecular weight is 719 g/mol. The van der Waals surface area contributed by atoms with E-state index in [0.717, 1.165) is 90.8 Å². The van der Waals surface area contributed by atoms with Crippen LogP contribution in [0.4, 0.5) is 11.4 Å². The molecule has 10 heteroatoms. The standard InChI is InChI=1S/C42H47ClN6O3/c1-6-11-16-38-45-39(43)35-25-28(21-23-48(35)38)40(50)44-22-24-49-41(51)31-14-12-13-15-32(31)42(49)33-19-17-29(46(7-2)8-3)26-36(33)52-37-27-30(18-20-34(37)42)47(9-4)10-5/h12-15,17-21,23,25-27H,6-11,16,22,24H2,1-5H3,(H,44,50). The van der Waals surface area contributed by atoms with Gasteiger partial charge in [0.2, 0.25) is 0 Å². The van der Waals surface area contributed by atoms with E-state index in [2.05, 4.69) is 97.2 Å². The van der Waals surface area contributed by atoms with E-state index < -0.39 is 5.54 Å². The minimum Gasteiger partial charge on any atom is -0.456 e. The summed E-state index contributed by atoms with van der Waals surface area (Å²) in [4.78, 5) is 39.2. The highest BCUT2D eigenvalue weighted by atomic mass is 35.5. The van der Waals surface area contributed by atoms with Gasteiger partial charge in [-0.2, -0.15) is 0 Å². The van der Waals surface area contributed by atoms with Gasteiger partial charge in [0.1, 0.15) is 22.9 Å². The van der Waals surface area contributed by atoms with Gasteiger partial charge in [0.05, 0.1) is 5.52 Å². The highest BCUT2D eigenvalue weighted by Crippen LogP contribution is 2.58. The minimum absolute atomic E-state index is 0.0867. The van der Waals surface area contributed by atoms with E-state index in [0.29, 0.717) is 21.8 Å². The summed E-state index contributed by atoms with van der Waals surface area (Å²) >= 11 is 6.51. The van der Waals surface area contributed by atoms with Crippen molar-refractivity contribution in [2.75, 3.05) is 49.1 Å². The van der Waals surface area contributed by atoms with Gasteiger partial charge in [-0.05, 0) is 70.0 Å². The van der Waals surface area contributed by atoms with Crippen LogP contribution in [0.25, 0.3) is 5.52 Å². The zero-order valence-electron chi connectivity index (χ0n) is 30.7. The topological polar surface area (TPSA) is 82.4 Å². The second kappa shape index (κ2) is 14.5. The second-order valence-electron chi connectivity index (χ2n) is 13.4. The smallest absolute Gasteiger partial charge is 0.255 e. The molecule has 0 atom stereocenters. The van der Waals surface area contributed by atoms with Gasteiger partial charge in [-0.3, -0.25) is 9.59 Å². The van der Waals surface area contributed by atoms with Crippen LogP contribution in [0.15, 0.2) is 79.0 Å². The SMILES string of the molecule is CCCCc1nc(Cl)c2cc(C(=O)NCCN3C(=O)c4ccccc4C34c3ccc(N(CC)CC)cc3Oc3cc(N(CC)CC)ccc34)ccn12. The van der Waals surface area contributed by atoms with Gasteiger partial charge in [0, 0.05) is 97.6 Å². The van der Waals surface area contributed by atoms with Gasteiger partial charge in [0.25, 0.3) is 11.8 Å². The Morgan fingerprint density at radius 2 is 1.48 bits per heavy atom. The summed E-state index contributed by atoms with van der Waals surface area (Å²) in [7, 11) is 0. The molecule has 0 bridgehead atoms. The van der Waals surface area contributed by atoms with E-state index in [9.17, 15) is 9.59 Å². The van der Waals surface area contributed by atoms with Crippen LogP contribution >= 0.6 is 11.6 Å². The Balaban J connectivity index is 1.28. The largest absolute Gasteiger partial charge is 0.456 e. The lowest BCUT2D eigenvalue weighted by atomic mass is 9.74. The average Bonchev–Trinajstić information content (AvgIpc) is 3.61. The molecule has 1 spiro atoms. The summed E-state index contributed by atoms with van der Waals surface area (Å²) in [6.07, 6.45) is 4.73. The number of carbonyl (C=O) groups excluding carboxylic acids is 2. The van der Waals surface area contributed by atoms with Crippen LogP contribution in [0, 0.1) is 0 Å². The summed E-state index contributed by atoms with van der Waals surface area (Å²) < 4.78 is 8.77. The van der Waals surface area contributed by atoms with Gasteiger partial charge in [0.15, 0.2) is 5.15 Å². The van der Waals surface area contributed by atoms with Gasteiger partial charge >= 0.3 is 0 Å². The molecule has 5 aromatic rings. The van der Waals surface area contributed by atoms with Crippen LogP contribution in [-0.4, -0.2) is 65.4 Å². The van der Waals surface area contributed by atoms with Crippen molar-refractivity contribution in [3.63, 3.8) is 0 Å². The van der Waals surface area contributed by atoms with Crippen molar-refractivity contribution < 1.29 is 14.3 Å². The number of ether oxygens (including phenoxy) is 1. The molecule has 0 saturated heterocycles. The first-order chi connectivity index (χ1) is 25.3. The van der Waals surface area contributed by atoms with Crippen LogP contribution in [0.5, 0.6) is 11.5 Å². The van der Waals surface area contributed by atoms with Crippen molar-refractivity contribution >= 4 is 40.3 Å². The summed E-state index contributed by atoms with van der Waals surface area (Å²) in [5.41, 5.74) is 5.69. The maximum absolute atomic E-state index is 14.6. The monoisotopic (exact) mass is 718 g/mol. The number of aryl methyl sites for hydroxylation is 1. The zero-order chi connectivity index (χ0) is 36.6. The van der Waals surface area contributed by atoms with Gasteiger partial charge in [-0.15, -0.1) is 0 Å². The molecule has 9 nitrogen and oxygen atoms in total. The summed E-state index contributed by atoms with van der Waals surface area (Å²) in [6.45, 7) is 14.7. The quantitative estimate of drug-likeness (QED) is 0.132. The highest BCUT2D eigenvalue weighted by molar-refractivity contribution is 6.32. The van der Waals surface area contributed by atoms with Crippen LogP contribution in [-0.2, 0) is 12.0 Å². The van der Waals surface area contributed by atoms with Crippen molar-refractivity contribution in [3.8, 4) is 11.5 Å². The first-order valence-corrected chi connectivity index (χ1v) is 19.0. The van der Waals surface area contributed by atoms with Crippen molar-refractivity contribution in [2.45, 2.75) is 59.4 Å². The number of amides is 2. The summed E-state index contributed by atoms with van der Waals surface area (Å²) in [5, 5.41) is 3.48. The maximum Gasteiger partial charge on any atom is 0.255 e. The number of nitrogens with zero attached hydrogens (tertiary/aromatic N) is 5. The molecule has 7 rings (SSSR count). The van der Waals surface area contributed by atoms with E-state index in [1.165, 1.54) is 0 Å². The van der Waals surface area contributed by atoms with Crippen molar-refractivity contribution in [3.05, 3.63) is 118 Å². The lowest BCUT2D eigenvalue weighted by Crippen LogP contribution is -2.50. The fourth-order valence-corrected chi connectivity index (χ4v) is 8.29. The molecule has 0 saturated carbocycles. The molecule has 0 fully saturated rings. The molecule has 0 aliphatic carbocycles. The fraction of sp³-hybridized carbons (Fsp3) is 0.357. The number of benzene rings is 3. The Morgan fingerprint density at radius 1 is 0.846 bits per heavy atom. The number of rotatable bonds is 13. The van der Waals surface area contributed by atoms with Crippen molar-refractivity contribution in [2.24, 2.45) is 0 Å². The van der Waals surface area contributed by atoms with Gasteiger partial charge in [-0.1, -0.05) is 55.3 Å². The number of nitrogens with one attached hydrogen (secondary N) is 1. The molecule has 2 aromatic heterocycles. The molecule has 2 amide bonds. The molecule has 2 aliphatic heterocycles. The zero-order valence-corrected chi connectivity index (χ0v) is 31.5. The Kier molecular flexibility index (Phi) is 9.90. The number of imidazole rings is 1. The summed E-state index contributed by atoms with van der Waals surface area (Å²) in [5.74, 6) is 1.99. The van der Waals surface area contributed by atoms with Crippen molar-refractivity contribution in [1.29, 1.82) is 0 Å². The third-order valence-electron chi connectivity index (χ3n) is 10.7. The normalized spacial score (nSPS) is 13.9. The third kappa shape index (κ3) is 5.75. The molecule has 0 radical (unpaired) electrons. The molecule has 1 N–H and O–H groups in total. The van der Waals surface area contributed by atoms with Crippen LogP contribution in [0.3, 0.4) is 0 Å². The number of unbranched alkanes of at least 4 members (excludes halogenated alkanes) is 1. The second-order valence-corrected chi connectivity index (χ2v) is 13.7. The number of anilines is 2. The first kappa shape index (κ1) is 35.4. The summed E-state index contributed by atoms with van der Waals surface area (Å²) in [6, 6.07) is 24.1. The van der Waals surface area contributed by atoms with Crippen LogP contribution in [0.2, 0.25) is 5.15 Å². The maximum atomic E-state index is 14.6. The Labute approximate surface area is 311 Å². The Hall–Kier alpha value is -5.02. The van der Waals surface area contributed by atoms with Crippen LogP contribution in [0.1, 0.15) is 90.7 Å². The molecular formula is C42H47ClN6O3. The molecule has 52 heavy (non-hydrogen) atoms. The minimum atomic E-state index is -0.968. The van der Waals surface area contributed by atoms with E-state index in [1.54, 1.807) is 12.1 Å². The van der Waals surface area contributed by atoms with E-state index in [-0.39, 0.29) is 24.9 Å². The van der Waals surface area contributed by atoms with Gasteiger partial charge in [-0.25, -0.2) is 4.98 Å². The predicted molar refractivity (Wildman–Crippen MR) is 209 cm³/mol. The Morgan fingerprint density at radius 3 is 2.10 bits per heavy atom. The third-order valence-corrected chi connectivity index (χ3v) is 11.0. The molecule has 2 aliphatic rings. The molecule has 3 aromatic carbocycles. The van der Waals surface area contributed by atoms with Gasteiger partial charge < -0.3 is 29.2 Å². The fourth-order valence-electron chi connectivity index (χ4n) is 8.05. The predicted octanol–water partition coefficient (Wildman–Crippen LogP) is 8.31. The molecule has 4 heterocycles. The van der Waals surface area contributed by atoms with Crippen LogP contribution < -0.4 is 19.9 Å². The lowest BCUT2D eigenvalue weighted by Gasteiger charge is -2.45. The lowest BCUT2D eigenvalue weighted by molar-refractivity contribution is 0.0660.